The zero-order valence-electron chi connectivity index (χ0n) is 16.1. The summed E-state index contributed by atoms with van der Waals surface area (Å²) in [6, 6.07) is 0.778. The van der Waals surface area contributed by atoms with Crippen LogP contribution in [0.15, 0.2) is 0 Å². The number of rotatable bonds is 12. The van der Waals surface area contributed by atoms with Crippen LogP contribution in [0.4, 0.5) is 0 Å². The average Bonchev–Trinajstić information content (AvgIpc) is 3.53. The van der Waals surface area contributed by atoms with Crippen LogP contribution in [0, 0.1) is 5.92 Å². The third-order valence-corrected chi connectivity index (χ3v) is 8.87. The molecular weight excluding hydrogens is 340 g/mol. The van der Waals surface area contributed by atoms with Gasteiger partial charge in [-0.25, -0.2) is 0 Å². The van der Waals surface area contributed by atoms with Crippen molar-refractivity contribution < 1.29 is 27.5 Å². The Balaban J connectivity index is 1.58. The zero-order valence-corrected chi connectivity index (χ0v) is 17.1. The smallest absolute Gasteiger partial charge is 0.379 e. The van der Waals surface area contributed by atoms with Crippen molar-refractivity contribution in [3.8, 4) is 0 Å². The summed E-state index contributed by atoms with van der Waals surface area (Å²) in [6.07, 6.45) is 6.55. The van der Waals surface area contributed by atoms with Crippen LogP contribution in [-0.2, 0) is 27.5 Å². The Hall–Kier alpha value is -0.0231. The molecule has 0 aromatic heterocycles. The van der Waals surface area contributed by atoms with Crippen molar-refractivity contribution in [1.82, 2.24) is 0 Å². The molecule has 0 N–H and O–H groups in total. The van der Waals surface area contributed by atoms with Gasteiger partial charge in [-0.15, -0.1) is 0 Å². The van der Waals surface area contributed by atoms with Crippen molar-refractivity contribution in [3.63, 3.8) is 0 Å². The lowest BCUT2D eigenvalue weighted by atomic mass is 9.76. The summed E-state index contributed by atoms with van der Waals surface area (Å²) < 4.78 is 34.8. The zero-order chi connectivity index (χ0) is 17.9. The maximum atomic E-state index is 6.68. The summed E-state index contributed by atoms with van der Waals surface area (Å²) in [5.41, 5.74) is -0.259. The number of hydrogen-bond acceptors (Lipinski definition) is 6. The van der Waals surface area contributed by atoms with E-state index in [0.717, 1.165) is 51.4 Å². The Labute approximate surface area is 152 Å². The fourth-order valence-corrected chi connectivity index (χ4v) is 6.12. The molecule has 0 bridgehead atoms. The van der Waals surface area contributed by atoms with Gasteiger partial charge in [-0.1, -0.05) is 6.92 Å². The van der Waals surface area contributed by atoms with E-state index in [0.29, 0.717) is 30.8 Å². The molecule has 0 aromatic carbocycles. The molecule has 1 aliphatic carbocycles. The topological polar surface area (TPSA) is 62.0 Å². The highest BCUT2D eigenvalue weighted by Gasteiger charge is 2.52. The molecule has 0 aromatic rings. The predicted octanol–water partition coefficient (Wildman–Crippen LogP) is 2.78. The fourth-order valence-electron chi connectivity index (χ4n) is 4.08. The molecule has 0 amide bonds. The van der Waals surface area contributed by atoms with Gasteiger partial charge < -0.3 is 27.5 Å². The standard InChI is InChI=1S/C18H34O6Si/c1-5-25(19-3,20-4)24-18(2,9-6-10-21-12-15-13-22-15)14-7-8-16-17(11-14)23-16/h14-17H,5-13H2,1-4H3. The van der Waals surface area contributed by atoms with Gasteiger partial charge in [0.2, 0.25) is 0 Å². The predicted molar refractivity (Wildman–Crippen MR) is 95.5 cm³/mol. The van der Waals surface area contributed by atoms with Crippen molar-refractivity contribution >= 4 is 8.80 Å². The van der Waals surface area contributed by atoms with Crippen LogP contribution in [0.3, 0.4) is 0 Å². The average molecular weight is 375 g/mol. The molecule has 6 nitrogen and oxygen atoms in total. The molecule has 0 radical (unpaired) electrons. The van der Waals surface area contributed by atoms with E-state index in [-0.39, 0.29) is 5.60 Å². The monoisotopic (exact) mass is 374 g/mol. The van der Waals surface area contributed by atoms with Gasteiger partial charge >= 0.3 is 8.80 Å². The molecule has 2 saturated heterocycles. The van der Waals surface area contributed by atoms with Gasteiger partial charge in [-0.05, 0) is 44.9 Å². The fraction of sp³-hybridized carbons (Fsp3) is 1.00. The maximum Gasteiger partial charge on any atom is 0.500 e. The van der Waals surface area contributed by atoms with E-state index in [9.17, 15) is 0 Å². The van der Waals surface area contributed by atoms with Crippen LogP contribution in [0.5, 0.6) is 0 Å². The molecule has 5 atom stereocenters. The Bertz CT molecular complexity index is 420. The minimum atomic E-state index is -2.62. The van der Waals surface area contributed by atoms with Gasteiger partial charge in [0.15, 0.2) is 0 Å². The van der Waals surface area contributed by atoms with Crippen LogP contribution in [0.1, 0.15) is 46.0 Å². The number of ether oxygens (including phenoxy) is 3. The second-order valence-electron chi connectivity index (χ2n) is 7.72. The molecule has 25 heavy (non-hydrogen) atoms. The third-order valence-electron chi connectivity index (χ3n) is 5.98. The van der Waals surface area contributed by atoms with E-state index in [1.807, 2.05) is 0 Å². The van der Waals surface area contributed by atoms with Crippen molar-refractivity contribution in [1.29, 1.82) is 0 Å². The summed E-state index contributed by atoms with van der Waals surface area (Å²) >= 11 is 0. The summed E-state index contributed by atoms with van der Waals surface area (Å²) in [7, 11) is 0.792. The molecule has 1 saturated carbocycles. The van der Waals surface area contributed by atoms with E-state index in [4.69, 9.17) is 27.5 Å². The molecule has 2 aliphatic heterocycles. The minimum Gasteiger partial charge on any atom is -0.379 e. The van der Waals surface area contributed by atoms with Crippen molar-refractivity contribution in [3.05, 3.63) is 0 Å². The second-order valence-corrected chi connectivity index (χ2v) is 10.8. The van der Waals surface area contributed by atoms with E-state index >= 15 is 0 Å². The molecule has 3 fully saturated rings. The van der Waals surface area contributed by atoms with Gasteiger partial charge in [-0.2, -0.15) is 0 Å². The van der Waals surface area contributed by atoms with Gasteiger partial charge in [0.1, 0.15) is 6.10 Å². The second kappa shape index (κ2) is 8.33. The molecule has 5 unspecified atom stereocenters. The highest BCUT2D eigenvalue weighted by molar-refractivity contribution is 6.60. The number of epoxide rings is 2. The lowest BCUT2D eigenvalue weighted by Crippen LogP contribution is -2.54. The lowest BCUT2D eigenvalue weighted by molar-refractivity contribution is -0.0611. The Kier molecular flexibility index (Phi) is 6.58. The molecule has 7 heteroatoms. The molecule has 3 aliphatic rings. The van der Waals surface area contributed by atoms with Gasteiger partial charge in [-0.3, -0.25) is 0 Å². The number of hydrogen-bond donors (Lipinski definition) is 0. The molecule has 0 spiro atoms. The Morgan fingerprint density at radius 3 is 2.52 bits per heavy atom. The highest BCUT2D eigenvalue weighted by atomic mass is 28.4. The first-order chi connectivity index (χ1) is 12.0. The highest BCUT2D eigenvalue weighted by Crippen LogP contribution is 2.46. The van der Waals surface area contributed by atoms with Gasteiger partial charge in [0, 0.05) is 26.9 Å². The summed E-state index contributed by atoms with van der Waals surface area (Å²) in [5, 5.41) is 0. The Morgan fingerprint density at radius 1 is 1.16 bits per heavy atom. The van der Waals surface area contributed by atoms with Crippen molar-refractivity contribution in [2.75, 3.05) is 34.0 Å². The van der Waals surface area contributed by atoms with Crippen LogP contribution in [0.2, 0.25) is 6.04 Å². The van der Waals surface area contributed by atoms with E-state index in [1.54, 1.807) is 14.2 Å². The molecule has 146 valence electrons. The first-order valence-corrected chi connectivity index (χ1v) is 11.6. The largest absolute Gasteiger partial charge is 0.500 e. The number of fused-ring (bicyclic) bond motifs is 1. The first kappa shape index (κ1) is 19.7. The summed E-state index contributed by atoms with van der Waals surface area (Å²) in [4.78, 5) is 0. The SMILES string of the molecule is CC[Si](OC)(OC)OC(C)(CCCOCC1CO1)C1CCC2OC2C1. The van der Waals surface area contributed by atoms with Crippen molar-refractivity contribution in [2.45, 2.75) is 75.9 Å². The van der Waals surface area contributed by atoms with Crippen LogP contribution < -0.4 is 0 Å². The maximum absolute atomic E-state index is 6.68. The Morgan fingerprint density at radius 2 is 1.92 bits per heavy atom. The third kappa shape index (κ3) is 5.03. The molecule has 3 rings (SSSR count). The van der Waals surface area contributed by atoms with Gasteiger partial charge in [0.05, 0.1) is 31.0 Å². The van der Waals surface area contributed by atoms with Crippen LogP contribution in [-0.4, -0.2) is 66.8 Å². The van der Waals surface area contributed by atoms with Crippen LogP contribution in [0.25, 0.3) is 0 Å². The van der Waals surface area contributed by atoms with E-state index < -0.39 is 8.80 Å². The van der Waals surface area contributed by atoms with Gasteiger partial charge in [0.25, 0.3) is 0 Å². The van der Waals surface area contributed by atoms with Crippen molar-refractivity contribution in [2.24, 2.45) is 5.92 Å². The van der Waals surface area contributed by atoms with Crippen LogP contribution >= 0.6 is 0 Å². The van der Waals surface area contributed by atoms with E-state index in [1.165, 1.54) is 0 Å². The lowest BCUT2D eigenvalue weighted by Gasteiger charge is -2.44. The quantitative estimate of drug-likeness (QED) is 0.297. The molecule has 2 heterocycles. The molecular formula is C18H34O6Si. The first-order valence-electron chi connectivity index (χ1n) is 9.69. The summed E-state index contributed by atoms with van der Waals surface area (Å²) in [5.74, 6) is 0.478. The normalized spacial score (nSPS) is 33.6. The summed E-state index contributed by atoms with van der Waals surface area (Å²) in [6.45, 7) is 6.62. The van der Waals surface area contributed by atoms with E-state index in [2.05, 4.69) is 13.8 Å². The minimum absolute atomic E-state index is 0.259.